The smallest absolute Gasteiger partial charge is 0.423 e. The number of aryl methyl sites for hydroxylation is 2. The number of amides is 2. The number of likely N-dealkylation sites (tertiary alicyclic amines) is 1. The Labute approximate surface area is 209 Å². The Hall–Kier alpha value is -0.00364. The van der Waals surface area contributed by atoms with E-state index in [1.807, 2.05) is 11.8 Å². The molecule has 1 atom stereocenters. The van der Waals surface area contributed by atoms with Crippen LogP contribution in [0.4, 0.5) is 10.5 Å². The Morgan fingerprint density at radius 1 is 1.21 bits per heavy atom. The molecule has 1 aromatic rings. The number of benzene rings is 1. The van der Waals surface area contributed by atoms with Crippen molar-refractivity contribution in [3.63, 3.8) is 0 Å². The molecule has 3 aliphatic rings. The Bertz CT molecular complexity index is 836. The summed E-state index contributed by atoms with van der Waals surface area (Å²) in [6.45, 7) is 2.42. The number of urea groups is 1. The predicted molar refractivity (Wildman–Crippen MR) is 104 cm³/mol. The van der Waals surface area contributed by atoms with Crippen LogP contribution in [0, 0.1) is 0 Å². The maximum Gasteiger partial charge on any atom is 1.00 e. The first kappa shape index (κ1) is 22.7. The summed E-state index contributed by atoms with van der Waals surface area (Å²) in [7, 11) is -3.86. The average molecular weight is 432 g/mol. The molecule has 0 aromatic heterocycles. The summed E-state index contributed by atoms with van der Waals surface area (Å²) in [6.07, 6.45) is 6.00. The van der Waals surface area contributed by atoms with Gasteiger partial charge in [0, 0.05) is 19.1 Å². The zero-order chi connectivity index (χ0) is 19.2. The van der Waals surface area contributed by atoms with Crippen molar-refractivity contribution in [3.8, 4) is 0 Å². The van der Waals surface area contributed by atoms with Crippen LogP contribution in [0.2, 0.25) is 0 Å². The van der Waals surface area contributed by atoms with Crippen molar-refractivity contribution in [2.24, 2.45) is 0 Å². The number of nitrogens with one attached hydrogen (secondary N) is 1. The zero-order valence-corrected chi connectivity index (χ0v) is 20.5. The second-order valence-electron chi connectivity index (χ2n) is 7.88. The zero-order valence-electron chi connectivity index (χ0n) is 16.6. The third-order valence-corrected chi connectivity index (χ3v) is 7.66. The average Bonchev–Trinajstić information content (AvgIpc) is 3.20. The summed E-state index contributed by atoms with van der Waals surface area (Å²) in [5, 5.41) is 11.3. The van der Waals surface area contributed by atoms with Crippen LogP contribution in [0.1, 0.15) is 42.0 Å². The molecular formula is C19H26KN3O4S. The first-order valence-electron chi connectivity index (χ1n) is 9.68. The van der Waals surface area contributed by atoms with E-state index in [1.165, 1.54) is 11.1 Å². The predicted octanol–water partition coefficient (Wildman–Crippen LogP) is -1.03. The van der Waals surface area contributed by atoms with Crippen molar-refractivity contribution in [2.45, 2.75) is 56.7 Å². The number of sulfonamides is 1. The fourth-order valence-corrected chi connectivity index (χ4v) is 5.61. The van der Waals surface area contributed by atoms with Crippen LogP contribution in [0.15, 0.2) is 6.07 Å². The second-order valence-corrected chi connectivity index (χ2v) is 9.76. The van der Waals surface area contributed by atoms with E-state index in [4.69, 9.17) is 5.11 Å². The van der Waals surface area contributed by atoms with Crippen LogP contribution < -0.4 is 56.7 Å². The van der Waals surface area contributed by atoms with E-state index in [0.717, 1.165) is 55.3 Å². The molecule has 28 heavy (non-hydrogen) atoms. The maximum absolute atomic E-state index is 12.4. The number of fused-ring (bicyclic) bond motifs is 2. The Balaban J connectivity index is 0.00000225. The molecule has 0 bridgehead atoms. The molecule has 0 saturated carbocycles. The van der Waals surface area contributed by atoms with Crippen molar-refractivity contribution in [3.05, 3.63) is 33.0 Å². The van der Waals surface area contributed by atoms with Gasteiger partial charge in [-0.3, -0.25) is 9.69 Å². The van der Waals surface area contributed by atoms with E-state index in [0.29, 0.717) is 13.1 Å². The molecule has 2 aliphatic carbocycles. The molecule has 1 aromatic carbocycles. The van der Waals surface area contributed by atoms with E-state index < -0.39 is 21.3 Å². The van der Waals surface area contributed by atoms with Gasteiger partial charge in [0.2, 0.25) is 0 Å². The van der Waals surface area contributed by atoms with Gasteiger partial charge in [-0.2, -0.15) is 0 Å². The van der Waals surface area contributed by atoms with Gasteiger partial charge in [-0.25, -0.2) is 8.42 Å². The molecule has 1 saturated heterocycles. The summed E-state index contributed by atoms with van der Waals surface area (Å²) in [5.41, 5.74) is 5.68. The Morgan fingerprint density at radius 2 is 1.79 bits per heavy atom. The third kappa shape index (κ3) is 4.37. The number of aliphatic hydroxyl groups excluding tert-OH is 1. The van der Waals surface area contributed by atoms with Gasteiger partial charge in [0.25, 0.3) is 0 Å². The number of rotatable bonds is 5. The minimum Gasteiger partial charge on any atom is -0.423 e. The van der Waals surface area contributed by atoms with Gasteiger partial charge in [0.05, 0.1) is 11.9 Å². The van der Waals surface area contributed by atoms with Crippen LogP contribution in [0.25, 0.3) is 4.72 Å². The van der Waals surface area contributed by atoms with Crippen LogP contribution in [0.5, 0.6) is 0 Å². The summed E-state index contributed by atoms with van der Waals surface area (Å²) in [5.74, 6) is 0. The summed E-state index contributed by atoms with van der Waals surface area (Å²) in [6, 6.07) is 1.39. The molecule has 2 amide bonds. The summed E-state index contributed by atoms with van der Waals surface area (Å²) >= 11 is 0. The van der Waals surface area contributed by atoms with Crippen molar-refractivity contribution in [2.75, 3.05) is 25.0 Å². The third-order valence-electron chi connectivity index (χ3n) is 6.10. The number of aliphatic hydroxyl groups is 1. The SMILES string of the molecule is CC(CO)N1CC(S(=O)(=O)[N-]C(=O)Nc2c3c(cc4c2CCC4)CCC3)C1.[K+]. The van der Waals surface area contributed by atoms with E-state index >= 15 is 0 Å². The summed E-state index contributed by atoms with van der Waals surface area (Å²) in [4.78, 5) is 14.3. The largest absolute Gasteiger partial charge is 1.00 e. The number of hydrogen-bond donors (Lipinski definition) is 2. The molecule has 2 N–H and O–H groups in total. The molecule has 7 nitrogen and oxygen atoms in total. The standard InChI is InChI=1S/C19H27N3O4S.K/c1-12(11-23)22-9-15(10-22)27(25,26)21-19(24)20-18-16-6-2-4-13(16)8-14-5-3-7-17(14)18;/h8,12,15,23H,2-7,9-11H2,1H3,(H2,20,21,24);/q;+1/p-1. The number of hydrogen-bond acceptors (Lipinski definition) is 5. The molecule has 0 radical (unpaired) electrons. The number of nitrogens with zero attached hydrogens (tertiary/aromatic N) is 2. The molecule has 4 rings (SSSR count). The molecule has 1 heterocycles. The minimum atomic E-state index is -3.86. The van der Waals surface area contributed by atoms with Crippen LogP contribution in [-0.4, -0.2) is 55.4 Å². The van der Waals surface area contributed by atoms with Gasteiger partial charge in [0.15, 0.2) is 16.1 Å². The van der Waals surface area contributed by atoms with E-state index in [9.17, 15) is 13.2 Å². The molecule has 1 unspecified atom stereocenters. The first-order chi connectivity index (χ1) is 12.9. The second kappa shape index (κ2) is 9.01. The fourth-order valence-electron chi connectivity index (χ4n) is 4.42. The van der Waals surface area contributed by atoms with Crippen molar-refractivity contribution in [1.82, 2.24) is 4.90 Å². The number of carbonyl (C=O) groups is 1. The van der Waals surface area contributed by atoms with Crippen LogP contribution >= 0.6 is 0 Å². The molecule has 148 valence electrons. The van der Waals surface area contributed by atoms with Crippen molar-refractivity contribution in [1.29, 1.82) is 0 Å². The van der Waals surface area contributed by atoms with Gasteiger partial charge in [-0.1, -0.05) is 6.07 Å². The van der Waals surface area contributed by atoms with Gasteiger partial charge in [0.1, 0.15) is 0 Å². The van der Waals surface area contributed by atoms with Crippen LogP contribution in [-0.2, 0) is 35.7 Å². The Kier molecular flexibility index (Phi) is 7.30. The fraction of sp³-hybridized carbons (Fsp3) is 0.632. The molecule has 1 aliphatic heterocycles. The van der Waals surface area contributed by atoms with Crippen molar-refractivity contribution < 1.29 is 69.7 Å². The van der Waals surface area contributed by atoms with Gasteiger partial charge in [-0.05, 0) is 73.4 Å². The normalized spacial score (nSPS) is 19.9. The topological polar surface area (TPSA) is 101 Å². The van der Waals surface area contributed by atoms with Gasteiger partial charge in [-0.15, -0.1) is 0 Å². The van der Waals surface area contributed by atoms with E-state index in [-0.39, 0.29) is 64.0 Å². The maximum atomic E-state index is 12.4. The monoisotopic (exact) mass is 431 g/mol. The Morgan fingerprint density at radius 3 is 2.32 bits per heavy atom. The quantitative estimate of drug-likeness (QED) is 0.581. The minimum absolute atomic E-state index is 0. The molecule has 1 fully saturated rings. The van der Waals surface area contributed by atoms with Crippen molar-refractivity contribution >= 4 is 21.7 Å². The number of anilines is 1. The number of carbonyl (C=O) groups excluding carboxylic acids is 1. The first-order valence-corrected chi connectivity index (χ1v) is 11.2. The van der Waals surface area contributed by atoms with Crippen LogP contribution in [0.3, 0.4) is 0 Å². The summed E-state index contributed by atoms with van der Waals surface area (Å²) < 4.78 is 28.4. The van der Waals surface area contributed by atoms with E-state index in [2.05, 4.69) is 16.1 Å². The van der Waals surface area contributed by atoms with E-state index in [1.54, 1.807) is 0 Å². The molecule has 0 spiro atoms. The van der Waals surface area contributed by atoms with Gasteiger partial charge >= 0.3 is 51.4 Å². The van der Waals surface area contributed by atoms with Gasteiger partial charge < -0.3 is 15.1 Å². The molecular weight excluding hydrogens is 405 g/mol. The molecule has 9 heteroatoms.